The fraction of sp³-hybridized carbons (Fsp3) is 0.296. The van der Waals surface area contributed by atoms with Gasteiger partial charge < -0.3 is 25.3 Å². The average Bonchev–Trinajstić information content (AvgIpc) is 3.50. The van der Waals surface area contributed by atoms with Crippen molar-refractivity contribution >= 4 is 28.4 Å². The quantitative estimate of drug-likeness (QED) is 0.267. The van der Waals surface area contributed by atoms with E-state index in [2.05, 4.69) is 27.0 Å². The Morgan fingerprint density at radius 3 is 2.66 bits per heavy atom. The number of amides is 2. The van der Waals surface area contributed by atoms with Gasteiger partial charge in [-0.25, -0.2) is 4.98 Å². The van der Waals surface area contributed by atoms with Gasteiger partial charge in [-0.2, -0.15) is 0 Å². The second-order valence-electron chi connectivity index (χ2n) is 8.72. The zero-order valence-corrected chi connectivity index (χ0v) is 19.6. The first-order valence-electron chi connectivity index (χ1n) is 11.9. The zero-order valence-electron chi connectivity index (χ0n) is 19.6. The molecule has 0 aliphatic heterocycles. The summed E-state index contributed by atoms with van der Waals surface area (Å²) in [5.74, 6) is -0.598. The fourth-order valence-electron chi connectivity index (χ4n) is 4.16. The summed E-state index contributed by atoms with van der Waals surface area (Å²) in [6.45, 7) is 0.703. The molecule has 35 heavy (non-hydrogen) atoms. The van der Waals surface area contributed by atoms with Crippen LogP contribution in [0.25, 0.3) is 10.9 Å². The van der Waals surface area contributed by atoms with Crippen molar-refractivity contribution in [2.45, 2.75) is 51.3 Å². The minimum Gasteiger partial charge on any atom is -0.373 e. The Morgan fingerprint density at radius 2 is 1.89 bits per heavy atom. The molecule has 0 fully saturated rings. The number of rotatable bonds is 12. The van der Waals surface area contributed by atoms with Crippen LogP contribution in [-0.2, 0) is 17.8 Å². The summed E-state index contributed by atoms with van der Waals surface area (Å²) < 4.78 is 3.60. The number of aromatic nitrogens is 3. The molecule has 2 aromatic heterocycles. The predicted octanol–water partition coefficient (Wildman–Crippen LogP) is 4.26. The molecule has 0 radical (unpaired) electrons. The summed E-state index contributed by atoms with van der Waals surface area (Å²) in [5.41, 5.74) is 8.45. The van der Waals surface area contributed by atoms with Gasteiger partial charge >= 0.3 is 0 Å². The minimum atomic E-state index is -0.783. The Kier molecular flexibility index (Phi) is 7.95. The summed E-state index contributed by atoms with van der Waals surface area (Å²) in [4.78, 5) is 27.5. The summed E-state index contributed by atoms with van der Waals surface area (Å²) in [5, 5.41) is 14.5. The predicted molar refractivity (Wildman–Crippen MR) is 136 cm³/mol. The highest BCUT2D eigenvalue weighted by Crippen LogP contribution is 2.22. The van der Waals surface area contributed by atoms with Gasteiger partial charge in [0.15, 0.2) is 0 Å². The molecule has 4 rings (SSSR count). The molecule has 2 heterocycles. The van der Waals surface area contributed by atoms with Crippen molar-refractivity contribution in [3.05, 3.63) is 84.6 Å². The molecule has 0 aliphatic rings. The number of unbranched alkanes of at least 4 members (excludes halogenated alkanes) is 1. The number of nitrogens with two attached hydrogens (primary N) is 1. The van der Waals surface area contributed by atoms with Crippen molar-refractivity contribution < 1.29 is 14.7 Å². The molecule has 0 aliphatic carbocycles. The van der Waals surface area contributed by atoms with Crippen LogP contribution in [0.1, 0.15) is 54.4 Å². The SMILES string of the molecule is NC(=O)c1cn([C@H](O)CCCn2ccc3ccc(NC(=O)CCCCc4ccccc4)cc32)cn1. The lowest BCUT2D eigenvalue weighted by Gasteiger charge is -2.13. The molecular formula is C27H31N5O3. The molecule has 2 aromatic carbocycles. The van der Waals surface area contributed by atoms with Crippen molar-refractivity contribution in [2.24, 2.45) is 5.73 Å². The number of hydrogen-bond acceptors (Lipinski definition) is 4. The first-order valence-corrected chi connectivity index (χ1v) is 11.9. The highest BCUT2D eigenvalue weighted by atomic mass is 16.3. The zero-order chi connectivity index (χ0) is 24.6. The number of hydrogen-bond donors (Lipinski definition) is 3. The number of carbonyl (C=O) groups is 2. The Bertz CT molecular complexity index is 1280. The van der Waals surface area contributed by atoms with Crippen LogP contribution in [0.5, 0.6) is 0 Å². The molecule has 0 unspecified atom stereocenters. The number of carbonyl (C=O) groups excluding carboxylic acids is 2. The van der Waals surface area contributed by atoms with Crippen LogP contribution in [0.3, 0.4) is 0 Å². The third kappa shape index (κ3) is 6.58. The molecule has 8 heteroatoms. The molecule has 0 spiro atoms. The molecule has 0 bridgehead atoms. The van der Waals surface area contributed by atoms with Gasteiger partial charge in [-0.1, -0.05) is 36.4 Å². The molecule has 4 aromatic rings. The van der Waals surface area contributed by atoms with E-state index in [1.54, 1.807) is 0 Å². The minimum absolute atomic E-state index is 0.0225. The van der Waals surface area contributed by atoms with Crippen molar-refractivity contribution in [3.8, 4) is 0 Å². The lowest BCUT2D eigenvalue weighted by Crippen LogP contribution is -2.12. The third-order valence-electron chi connectivity index (χ3n) is 6.08. The number of aliphatic hydroxyl groups is 1. The van der Waals surface area contributed by atoms with Crippen LogP contribution >= 0.6 is 0 Å². The van der Waals surface area contributed by atoms with E-state index in [1.807, 2.05) is 48.7 Å². The number of nitrogens with zero attached hydrogens (tertiary/aromatic N) is 3. The summed E-state index contributed by atoms with van der Waals surface area (Å²) in [6, 6.07) is 18.3. The first-order chi connectivity index (χ1) is 17.0. The fourth-order valence-corrected chi connectivity index (χ4v) is 4.16. The van der Waals surface area contributed by atoms with Gasteiger partial charge in [-0.3, -0.25) is 9.59 Å². The Balaban J connectivity index is 1.26. The number of benzene rings is 2. The van der Waals surface area contributed by atoms with Gasteiger partial charge in [0.2, 0.25) is 5.91 Å². The van der Waals surface area contributed by atoms with Gasteiger partial charge in [0.1, 0.15) is 11.9 Å². The smallest absolute Gasteiger partial charge is 0.268 e. The van der Waals surface area contributed by atoms with Gasteiger partial charge in [-0.15, -0.1) is 0 Å². The molecule has 4 N–H and O–H groups in total. The van der Waals surface area contributed by atoms with Gasteiger partial charge in [0.25, 0.3) is 5.91 Å². The van der Waals surface area contributed by atoms with Crippen LogP contribution in [0.2, 0.25) is 0 Å². The number of anilines is 1. The van der Waals surface area contributed by atoms with Gasteiger partial charge in [-0.05, 0) is 61.3 Å². The molecule has 0 saturated carbocycles. The molecule has 2 amide bonds. The van der Waals surface area contributed by atoms with Crippen LogP contribution in [0, 0.1) is 0 Å². The first kappa shape index (κ1) is 24.2. The number of fused-ring (bicyclic) bond motifs is 1. The van der Waals surface area contributed by atoms with Crippen molar-refractivity contribution in [3.63, 3.8) is 0 Å². The van der Waals surface area contributed by atoms with Gasteiger partial charge in [0, 0.05) is 31.0 Å². The van der Waals surface area contributed by atoms with E-state index in [-0.39, 0.29) is 11.6 Å². The average molecular weight is 474 g/mol. The molecule has 0 saturated heterocycles. The molecule has 1 atom stereocenters. The van der Waals surface area contributed by atoms with E-state index in [9.17, 15) is 14.7 Å². The molecule has 182 valence electrons. The van der Waals surface area contributed by atoms with Crippen LogP contribution in [-0.4, -0.2) is 31.0 Å². The maximum absolute atomic E-state index is 12.4. The standard InChI is InChI=1S/C27H31N5O3/c28-27(35)23-18-32(19-29-23)26(34)11-6-15-31-16-14-21-12-13-22(17-24(21)31)30-25(33)10-5-4-9-20-7-2-1-3-8-20/h1-3,7-8,12-14,16-19,26,34H,4-6,9-11,15H2,(H2,28,35)(H,30,33)/t26-/m1/s1. The summed E-state index contributed by atoms with van der Waals surface area (Å²) in [6.07, 6.45) is 8.60. The lowest BCUT2D eigenvalue weighted by molar-refractivity contribution is -0.116. The van der Waals surface area contributed by atoms with Crippen LogP contribution < -0.4 is 11.1 Å². The topological polar surface area (TPSA) is 115 Å². The Labute approximate surface area is 204 Å². The second kappa shape index (κ2) is 11.5. The summed E-state index contributed by atoms with van der Waals surface area (Å²) in [7, 11) is 0. The maximum Gasteiger partial charge on any atom is 0.268 e. The largest absolute Gasteiger partial charge is 0.373 e. The number of primary amides is 1. The third-order valence-corrected chi connectivity index (χ3v) is 6.08. The highest BCUT2D eigenvalue weighted by molar-refractivity contribution is 5.93. The van der Waals surface area contributed by atoms with E-state index in [4.69, 9.17) is 5.73 Å². The second-order valence-corrected chi connectivity index (χ2v) is 8.72. The van der Waals surface area contributed by atoms with E-state index in [0.717, 1.165) is 35.9 Å². The van der Waals surface area contributed by atoms with E-state index < -0.39 is 12.1 Å². The number of nitrogens with one attached hydrogen (secondary N) is 1. The van der Waals surface area contributed by atoms with E-state index in [0.29, 0.717) is 25.8 Å². The van der Waals surface area contributed by atoms with E-state index >= 15 is 0 Å². The molecular weight excluding hydrogens is 442 g/mol. The van der Waals surface area contributed by atoms with E-state index in [1.165, 1.54) is 22.7 Å². The summed E-state index contributed by atoms with van der Waals surface area (Å²) >= 11 is 0. The van der Waals surface area contributed by atoms with Crippen molar-refractivity contribution in [2.75, 3.05) is 5.32 Å². The maximum atomic E-state index is 12.4. The highest BCUT2D eigenvalue weighted by Gasteiger charge is 2.11. The molecule has 8 nitrogen and oxygen atoms in total. The van der Waals surface area contributed by atoms with Crippen LogP contribution in [0.4, 0.5) is 5.69 Å². The van der Waals surface area contributed by atoms with Crippen molar-refractivity contribution in [1.82, 2.24) is 14.1 Å². The van der Waals surface area contributed by atoms with Crippen LogP contribution in [0.15, 0.2) is 73.3 Å². The lowest BCUT2D eigenvalue weighted by atomic mass is 10.1. The number of aliphatic hydroxyl groups excluding tert-OH is 1. The normalized spacial score (nSPS) is 12.0. The van der Waals surface area contributed by atoms with Gasteiger partial charge in [0.05, 0.1) is 11.8 Å². The van der Waals surface area contributed by atoms with Crippen molar-refractivity contribution in [1.29, 1.82) is 0 Å². The monoisotopic (exact) mass is 473 g/mol. The number of imidazole rings is 1. The number of aryl methyl sites for hydroxylation is 2. The Hall–Kier alpha value is -3.91. The Morgan fingerprint density at radius 1 is 1.06 bits per heavy atom.